The van der Waals surface area contributed by atoms with Gasteiger partial charge in [0.1, 0.15) is 15.8 Å². The van der Waals surface area contributed by atoms with Gasteiger partial charge in [-0.05, 0) is 53.4 Å². The summed E-state index contributed by atoms with van der Waals surface area (Å²) in [6.45, 7) is 0.780. The van der Waals surface area contributed by atoms with Gasteiger partial charge in [-0.1, -0.05) is 17.7 Å². The van der Waals surface area contributed by atoms with Gasteiger partial charge in [0.15, 0.2) is 15.6 Å². The molecule has 4 heterocycles. The zero-order chi connectivity index (χ0) is 24.0. The molecule has 0 bridgehead atoms. The number of hydrogen-bond acceptors (Lipinski definition) is 8. The summed E-state index contributed by atoms with van der Waals surface area (Å²) in [6, 6.07) is 9.48. The fourth-order valence-corrected chi connectivity index (χ4v) is 7.06. The molecule has 5 rings (SSSR count). The third-order valence-corrected chi connectivity index (χ3v) is 9.27. The number of benzene rings is 1. The van der Waals surface area contributed by atoms with Crippen molar-refractivity contribution in [2.24, 2.45) is 0 Å². The smallest absolute Gasteiger partial charge is 0.266 e. The largest absolute Gasteiger partial charge is 0.384 e. The highest BCUT2D eigenvalue weighted by Gasteiger charge is 2.35. The summed E-state index contributed by atoms with van der Waals surface area (Å²) in [5.74, 6) is -1.78. The van der Waals surface area contributed by atoms with Gasteiger partial charge in [0.2, 0.25) is 5.91 Å². The zero-order valence-corrected chi connectivity index (χ0v) is 20.1. The number of thiophene rings is 1. The van der Waals surface area contributed by atoms with E-state index in [2.05, 4.69) is 10.3 Å². The van der Waals surface area contributed by atoms with Gasteiger partial charge < -0.3 is 5.32 Å². The van der Waals surface area contributed by atoms with Crippen molar-refractivity contribution in [3.05, 3.63) is 69.2 Å². The molecule has 1 N–H and O–H groups in total. The first-order valence-corrected chi connectivity index (χ1v) is 13.3. The lowest BCUT2D eigenvalue weighted by atomic mass is 9.92. The number of hydrogen-bond donors (Lipinski definition) is 1. The molecule has 11 heteroatoms. The Labute approximate surface area is 204 Å². The third-order valence-electron chi connectivity index (χ3n) is 5.78. The molecule has 0 saturated heterocycles. The Balaban J connectivity index is 1.31. The molecule has 174 valence electrons. The lowest BCUT2D eigenvalue weighted by Gasteiger charge is -2.27. The lowest BCUT2D eigenvalue weighted by Crippen LogP contribution is -2.43. The van der Waals surface area contributed by atoms with Gasteiger partial charge >= 0.3 is 0 Å². The highest BCUT2D eigenvalue weighted by molar-refractivity contribution is 7.94. The number of ketones is 1. The molecule has 2 aliphatic heterocycles. The summed E-state index contributed by atoms with van der Waals surface area (Å²) in [6.07, 6.45) is 2.12. The maximum absolute atomic E-state index is 13.1. The van der Waals surface area contributed by atoms with Gasteiger partial charge in [0, 0.05) is 30.4 Å². The molecule has 0 fully saturated rings. The van der Waals surface area contributed by atoms with Crippen LogP contribution in [-0.4, -0.2) is 43.3 Å². The van der Waals surface area contributed by atoms with Crippen LogP contribution in [-0.2, 0) is 38.7 Å². The van der Waals surface area contributed by atoms with Crippen molar-refractivity contribution < 1.29 is 22.8 Å². The van der Waals surface area contributed by atoms with Gasteiger partial charge in [0.05, 0.1) is 10.8 Å². The number of Topliss-reactive ketones (excluding diaryl/α,β-unsaturated/α-hetero) is 1. The first kappa shape index (κ1) is 22.7. The predicted octanol–water partition coefficient (Wildman–Crippen LogP) is 3.08. The second kappa shape index (κ2) is 8.61. The van der Waals surface area contributed by atoms with Crippen LogP contribution in [0.3, 0.4) is 0 Å². The fraction of sp³-hybridized carbons (Fsp3) is 0.217. The average Bonchev–Trinajstić information content (AvgIpc) is 3.44. The molecule has 0 unspecified atom stereocenters. The number of imide groups is 1. The van der Waals surface area contributed by atoms with Gasteiger partial charge in [-0.2, -0.15) is 0 Å². The molecule has 0 radical (unpaired) electrons. The highest BCUT2D eigenvalue weighted by Crippen LogP contribution is 2.33. The van der Waals surface area contributed by atoms with Gasteiger partial charge in [-0.15, -0.1) is 11.3 Å². The van der Waals surface area contributed by atoms with Crippen LogP contribution in [0.4, 0.5) is 11.5 Å². The number of aromatic nitrogens is 1. The number of sulfone groups is 1. The monoisotopic (exact) mass is 515 g/mol. The van der Waals surface area contributed by atoms with Crippen LogP contribution in [0, 0.1) is 0 Å². The van der Waals surface area contributed by atoms with Crippen molar-refractivity contribution in [2.45, 2.75) is 23.5 Å². The number of pyridine rings is 1. The lowest BCUT2D eigenvalue weighted by molar-refractivity contribution is -0.118. The number of anilines is 2. The van der Waals surface area contributed by atoms with E-state index in [0.717, 1.165) is 46.0 Å². The van der Waals surface area contributed by atoms with Crippen molar-refractivity contribution in [1.29, 1.82) is 0 Å². The Morgan fingerprint density at radius 1 is 1.12 bits per heavy atom. The number of amides is 2. The number of halogens is 1. The second-order valence-electron chi connectivity index (χ2n) is 8.06. The Bertz CT molecular complexity index is 1450. The minimum Gasteiger partial charge on any atom is -0.384 e. The first-order valence-electron chi connectivity index (χ1n) is 10.4. The Morgan fingerprint density at radius 3 is 2.65 bits per heavy atom. The molecule has 0 spiro atoms. The van der Waals surface area contributed by atoms with Crippen molar-refractivity contribution in [3.63, 3.8) is 0 Å². The summed E-state index contributed by atoms with van der Waals surface area (Å²) in [5.41, 5.74) is 3.71. The van der Waals surface area contributed by atoms with Crippen molar-refractivity contribution in [3.8, 4) is 0 Å². The van der Waals surface area contributed by atoms with E-state index < -0.39 is 27.3 Å². The summed E-state index contributed by atoms with van der Waals surface area (Å²) < 4.78 is 25.1. The summed E-state index contributed by atoms with van der Waals surface area (Å²) in [5, 5.41) is 3.25. The van der Waals surface area contributed by atoms with E-state index in [-0.39, 0.29) is 28.8 Å². The number of carbonyl (C=O) groups excluding carboxylic acids is 3. The molecule has 34 heavy (non-hydrogen) atoms. The highest BCUT2D eigenvalue weighted by atomic mass is 35.5. The quantitative estimate of drug-likeness (QED) is 0.502. The summed E-state index contributed by atoms with van der Waals surface area (Å²) in [4.78, 5) is 43.6. The van der Waals surface area contributed by atoms with E-state index in [9.17, 15) is 22.8 Å². The maximum atomic E-state index is 13.1. The van der Waals surface area contributed by atoms with Crippen LogP contribution in [0.15, 0.2) is 46.8 Å². The minimum atomic E-state index is -3.77. The van der Waals surface area contributed by atoms with Crippen LogP contribution in [0.2, 0.25) is 4.34 Å². The first-order chi connectivity index (χ1) is 16.2. The minimum absolute atomic E-state index is 0.0446. The molecule has 3 aromatic rings. The average molecular weight is 516 g/mol. The Hall–Kier alpha value is -3.08. The number of fused-ring (bicyclic) bond motifs is 3. The van der Waals surface area contributed by atoms with Gasteiger partial charge in [-0.3, -0.25) is 14.4 Å². The number of carbonyl (C=O) groups is 3. The Morgan fingerprint density at radius 2 is 1.94 bits per heavy atom. The molecule has 0 saturated carbocycles. The maximum Gasteiger partial charge on any atom is 0.266 e. The number of nitrogens with zero attached hydrogens (tertiary/aromatic N) is 2. The fourth-order valence-electron chi connectivity index (χ4n) is 4.24. The molecule has 2 aliphatic rings. The molecule has 2 aromatic heterocycles. The summed E-state index contributed by atoms with van der Waals surface area (Å²) >= 11 is 6.69. The molecule has 2 amide bonds. The van der Waals surface area contributed by atoms with E-state index in [4.69, 9.17) is 11.6 Å². The summed E-state index contributed by atoms with van der Waals surface area (Å²) in [7, 11) is -3.77. The number of nitrogens with one attached hydrogen (secondary N) is 1. The van der Waals surface area contributed by atoms with Gasteiger partial charge in [-0.25, -0.2) is 18.3 Å². The van der Waals surface area contributed by atoms with E-state index >= 15 is 0 Å². The Kier molecular flexibility index (Phi) is 5.75. The SMILES string of the molecule is O=C(Cc1ccc(N2C(=O)Cc3c(ccc4c3CCN4)C2=O)nc1)CS(=O)(=O)c1ccc(Cl)s1. The van der Waals surface area contributed by atoms with Crippen molar-refractivity contribution in [2.75, 3.05) is 22.5 Å². The molecule has 0 aliphatic carbocycles. The van der Waals surface area contributed by atoms with Crippen molar-refractivity contribution in [1.82, 2.24) is 4.98 Å². The predicted molar refractivity (Wildman–Crippen MR) is 128 cm³/mol. The van der Waals surface area contributed by atoms with Crippen LogP contribution in [0.25, 0.3) is 0 Å². The topological polar surface area (TPSA) is 114 Å². The van der Waals surface area contributed by atoms with E-state index in [1.165, 1.54) is 24.4 Å². The van der Waals surface area contributed by atoms with E-state index in [1.54, 1.807) is 12.1 Å². The molecular formula is C23H18ClN3O5S2. The van der Waals surface area contributed by atoms with Crippen LogP contribution < -0.4 is 10.2 Å². The molecule has 0 atom stereocenters. The zero-order valence-electron chi connectivity index (χ0n) is 17.7. The van der Waals surface area contributed by atoms with Gasteiger partial charge in [0.25, 0.3) is 5.91 Å². The van der Waals surface area contributed by atoms with Crippen LogP contribution >= 0.6 is 22.9 Å². The van der Waals surface area contributed by atoms with Crippen LogP contribution in [0.1, 0.15) is 27.0 Å². The van der Waals surface area contributed by atoms with Crippen LogP contribution in [0.5, 0.6) is 0 Å². The molecular weight excluding hydrogens is 498 g/mol. The van der Waals surface area contributed by atoms with E-state index in [1.807, 2.05) is 6.07 Å². The standard InChI is InChI=1S/C23H18ClN3O5S2/c24-19-4-6-22(33-19)34(31,32)12-14(28)9-13-1-5-20(26-11-13)27-21(29)10-17-15-7-8-25-18(15)3-2-16(17)23(27)30/h1-6,11,25H,7-10,12H2. The third kappa shape index (κ3) is 4.13. The van der Waals surface area contributed by atoms with E-state index in [0.29, 0.717) is 15.5 Å². The van der Waals surface area contributed by atoms with Crippen molar-refractivity contribution >= 4 is 61.9 Å². The normalized spacial score (nSPS) is 15.1. The number of rotatable bonds is 6. The second-order valence-corrected chi connectivity index (χ2v) is 12.0. The molecule has 1 aromatic carbocycles. The molecule has 8 nitrogen and oxygen atoms in total.